The molecule has 0 saturated carbocycles. The average molecular weight is 739 g/mol. The largest absolute Gasteiger partial charge is 0.492 e. The SMILES string of the molecule is CCC1(C)c2ccc(cc2)-c2ccc(cc2)-c2cc3c(OC)c4oc(cc4c(OC)c3o2)-c2ccc(cc2)-c2ccc(cc2)C(C)c2ccc1c1nsnc21. The second-order valence-electron chi connectivity index (χ2n) is 14.7. The van der Waals surface area contributed by atoms with Crippen LogP contribution in [0.3, 0.4) is 0 Å². The Morgan fingerprint density at radius 3 is 1.55 bits per heavy atom. The van der Waals surface area contributed by atoms with E-state index >= 15 is 0 Å². The van der Waals surface area contributed by atoms with Crippen molar-refractivity contribution in [2.45, 2.75) is 38.5 Å². The van der Waals surface area contributed by atoms with E-state index in [4.69, 9.17) is 27.1 Å². The van der Waals surface area contributed by atoms with E-state index in [9.17, 15) is 0 Å². The fourth-order valence-corrected chi connectivity index (χ4v) is 9.03. The minimum Gasteiger partial charge on any atom is -0.492 e. The summed E-state index contributed by atoms with van der Waals surface area (Å²) in [6, 6.07) is 43.3. The van der Waals surface area contributed by atoms with E-state index in [-0.39, 0.29) is 11.3 Å². The van der Waals surface area contributed by atoms with Gasteiger partial charge in [0.2, 0.25) is 0 Å². The molecule has 7 heteroatoms. The lowest BCUT2D eigenvalue weighted by Crippen LogP contribution is -2.23. The molecule has 10 aliphatic heterocycles. The van der Waals surface area contributed by atoms with Crippen molar-refractivity contribution in [1.29, 1.82) is 0 Å². The smallest absolute Gasteiger partial charge is 0.181 e. The molecule has 0 aliphatic carbocycles. The number of nitrogens with zero attached hydrogens (tertiary/aromatic N) is 2. The van der Waals surface area contributed by atoms with Gasteiger partial charge in [0, 0.05) is 22.5 Å². The normalized spacial score (nSPS) is 16.4. The molecule has 9 aromatic rings. The van der Waals surface area contributed by atoms with Crippen LogP contribution < -0.4 is 9.47 Å². The molecule has 0 N–H and O–H groups in total. The van der Waals surface area contributed by atoms with Gasteiger partial charge in [-0.15, -0.1) is 0 Å². The van der Waals surface area contributed by atoms with Crippen molar-refractivity contribution in [3.8, 4) is 56.4 Å². The number of aromatic nitrogens is 2. The predicted octanol–water partition coefficient (Wildman–Crippen LogP) is 13.1. The van der Waals surface area contributed by atoms with Crippen molar-refractivity contribution in [3.63, 3.8) is 0 Å². The summed E-state index contributed by atoms with van der Waals surface area (Å²) >= 11 is 1.30. The number of ether oxygens (including phenoxy) is 2. The molecule has 55 heavy (non-hydrogen) atoms. The highest BCUT2D eigenvalue weighted by molar-refractivity contribution is 7.00. The fourth-order valence-electron chi connectivity index (χ4n) is 8.45. The molecule has 0 amide bonds. The summed E-state index contributed by atoms with van der Waals surface area (Å²) in [5, 5.41) is 1.58. The van der Waals surface area contributed by atoms with Crippen molar-refractivity contribution in [2.75, 3.05) is 14.2 Å². The highest BCUT2D eigenvalue weighted by Gasteiger charge is 2.32. The van der Waals surface area contributed by atoms with Gasteiger partial charge in [0.25, 0.3) is 0 Å². The van der Waals surface area contributed by atoms with E-state index in [1.165, 1.54) is 34.0 Å². The maximum absolute atomic E-state index is 6.55. The van der Waals surface area contributed by atoms with Crippen molar-refractivity contribution in [2.24, 2.45) is 0 Å². The first-order chi connectivity index (χ1) is 26.9. The maximum Gasteiger partial charge on any atom is 0.181 e. The minimum atomic E-state index is -0.247. The Kier molecular flexibility index (Phi) is 7.72. The van der Waals surface area contributed by atoms with E-state index in [0.29, 0.717) is 22.7 Å². The second kappa shape index (κ2) is 12.7. The van der Waals surface area contributed by atoms with Crippen LogP contribution in [0.2, 0.25) is 0 Å². The summed E-state index contributed by atoms with van der Waals surface area (Å²) in [6.45, 7) is 6.84. The summed E-state index contributed by atoms with van der Waals surface area (Å²) in [4.78, 5) is 0. The third kappa shape index (κ3) is 5.14. The molecule has 6 aromatic carbocycles. The summed E-state index contributed by atoms with van der Waals surface area (Å²) in [5.74, 6) is 2.80. The molecule has 2 unspecified atom stereocenters. The molecular weight excluding hydrogens is 701 g/mol. The van der Waals surface area contributed by atoms with Gasteiger partial charge in [-0.05, 0) is 63.1 Å². The van der Waals surface area contributed by atoms with Gasteiger partial charge in [0.05, 0.1) is 36.7 Å². The van der Waals surface area contributed by atoms with Gasteiger partial charge in [0.1, 0.15) is 22.6 Å². The third-order valence-corrected chi connectivity index (χ3v) is 12.5. The zero-order valence-electron chi connectivity index (χ0n) is 31.3. The molecule has 0 saturated heterocycles. The quantitative estimate of drug-likeness (QED) is 0.180. The molecule has 0 fully saturated rings. The number of rotatable bonds is 3. The number of benzene rings is 6. The van der Waals surface area contributed by atoms with Gasteiger partial charge in [-0.2, -0.15) is 8.75 Å². The lowest BCUT2D eigenvalue weighted by Gasteiger charge is -2.30. The van der Waals surface area contributed by atoms with Crippen molar-refractivity contribution >= 4 is 44.7 Å². The van der Waals surface area contributed by atoms with Gasteiger partial charge >= 0.3 is 0 Å². The van der Waals surface area contributed by atoms with E-state index in [0.717, 1.165) is 73.1 Å². The van der Waals surface area contributed by atoms with E-state index in [1.807, 2.05) is 12.1 Å². The fraction of sp³-hybridized carbons (Fsp3) is 0.167. The monoisotopic (exact) mass is 738 g/mol. The molecule has 3 aromatic heterocycles. The molecule has 19 rings (SSSR count). The molecule has 13 heterocycles. The van der Waals surface area contributed by atoms with Crippen LogP contribution in [0.25, 0.3) is 77.9 Å². The van der Waals surface area contributed by atoms with Crippen molar-refractivity contribution < 1.29 is 18.3 Å². The van der Waals surface area contributed by atoms with E-state index in [2.05, 4.69) is 130 Å². The molecular formula is C48H38N2O4S. The third-order valence-electron chi connectivity index (χ3n) is 11.9. The zero-order chi connectivity index (χ0) is 37.4. The van der Waals surface area contributed by atoms with E-state index < -0.39 is 0 Å². The van der Waals surface area contributed by atoms with Crippen LogP contribution in [0, 0.1) is 0 Å². The summed E-state index contributed by atoms with van der Waals surface area (Å²) in [5.41, 5.74) is 14.3. The molecule has 6 nitrogen and oxygen atoms in total. The topological polar surface area (TPSA) is 70.5 Å². The highest BCUT2D eigenvalue weighted by Crippen LogP contribution is 2.48. The van der Waals surface area contributed by atoms with Crippen LogP contribution in [0.1, 0.15) is 55.4 Å². The highest BCUT2D eigenvalue weighted by atomic mass is 32.1. The number of methoxy groups -OCH3 is 2. The van der Waals surface area contributed by atoms with Crippen molar-refractivity contribution in [1.82, 2.24) is 8.75 Å². The number of hydrogen-bond donors (Lipinski definition) is 0. The molecule has 10 aliphatic rings. The number of hydrogen-bond acceptors (Lipinski definition) is 7. The van der Waals surface area contributed by atoms with Crippen LogP contribution in [0.5, 0.6) is 11.5 Å². The van der Waals surface area contributed by atoms with Crippen LogP contribution in [-0.4, -0.2) is 23.0 Å². The predicted molar refractivity (Wildman–Crippen MR) is 223 cm³/mol. The van der Waals surface area contributed by atoms with Gasteiger partial charge < -0.3 is 18.3 Å². The lowest BCUT2D eigenvalue weighted by molar-refractivity contribution is 0.406. The Balaban J connectivity index is 1.15. The van der Waals surface area contributed by atoms with Crippen LogP contribution in [0.4, 0.5) is 0 Å². The van der Waals surface area contributed by atoms with Gasteiger partial charge in [-0.1, -0.05) is 130 Å². The molecule has 0 radical (unpaired) electrons. The molecule has 270 valence electrons. The number of furan rings is 2. The Morgan fingerprint density at radius 2 is 1.05 bits per heavy atom. The zero-order valence-corrected chi connectivity index (χ0v) is 32.1. The van der Waals surface area contributed by atoms with E-state index in [1.54, 1.807) is 14.2 Å². The Labute approximate surface area is 323 Å². The van der Waals surface area contributed by atoms with Gasteiger partial charge in [-0.3, -0.25) is 0 Å². The minimum absolute atomic E-state index is 0.141. The Hall–Kier alpha value is -6.18. The van der Waals surface area contributed by atoms with Crippen LogP contribution >= 0.6 is 11.7 Å². The summed E-state index contributed by atoms with van der Waals surface area (Å²) < 4.78 is 34.8. The standard InChI is InChI=1S/C48H38N2O4S/c1-6-48(3)35-21-19-32(20-22-35)31-13-17-34(18-14-31)41-26-38-45(52-5)46-37(44(51-4)47(38)54-41)25-40(53-46)33-15-11-30(12-16-33)29-9-7-28(8-10-29)27(2)36-23-24-39(48)43-42(36)49-55-50-43/h7-27H,6H2,1-5H3. The van der Waals surface area contributed by atoms with Gasteiger partial charge in [-0.25, -0.2) is 0 Å². The average Bonchev–Trinajstić information content (AvgIpc) is 4.02. The van der Waals surface area contributed by atoms with Crippen molar-refractivity contribution in [3.05, 3.63) is 144 Å². The summed E-state index contributed by atoms with van der Waals surface area (Å²) in [7, 11) is 3.33. The maximum atomic E-state index is 6.55. The molecule has 16 bridgehead atoms. The first kappa shape index (κ1) is 33.4. The second-order valence-corrected chi connectivity index (χ2v) is 15.2. The first-order valence-electron chi connectivity index (χ1n) is 18.7. The Morgan fingerprint density at radius 1 is 0.600 bits per heavy atom. The Bertz CT molecular complexity index is 2820. The van der Waals surface area contributed by atoms with Gasteiger partial charge in [0.15, 0.2) is 22.7 Å². The van der Waals surface area contributed by atoms with Crippen LogP contribution in [0.15, 0.2) is 130 Å². The first-order valence-corrected chi connectivity index (χ1v) is 19.4. The summed E-state index contributed by atoms with van der Waals surface area (Å²) in [6.07, 6.45) is 0.921. The molecule has 0 spiro atoms. The lowest BCUT2D eigenvalue weighted by atomic mass is 9.73. The van der Waals surface area contributed by atoms with Crippen LogP contribution in [-0.2, 0) is 5.41 Å². The molecule has 2 atom stereocenters.